The van der Waals surface area contributed by atoms with Crippen LogP contribution < -0.4 is 10.1 Å². The molecule has 0 radical (unpaired) electrons. The van der Waals surface area contributed by atoms with Gasteiger partial charge in [0.2, 0.25) is 0 Å². The van der Waals surface area contributed by atoms with Crippen molar-refractivity contribution in [3.8, 4) is 5.75 Å². The Balaban J connectivity index is 1.91. The van der Waals surface area contributed by atoms with Gasteiger partial charge in [-0.25, -0.2) is 0 Å². The average Bonchev–Trinajstić information content (AvgIpc) is 2.96. The zero-order chi connectivity index (χ0) is 11.8. The van der Waals surface area contributed by atoms with Crippen LogP contribution in [0.4, 0.5) is 0 Å². The van der Waals surface area contributed by atoms with E-state index >= 15 is 0 Å². The number of hydrogen-bond donors (Lipinski definition) is 2. The van der Waals surface area contributed by atoms with Crippen molar-refractivity contribution >= 4 is 5.97 Å². The SMILES string of the molecule is O=C(O)C1CNCC1c1ccc2c(c1)CCO2. The minimum atomic E-state index is -0.711. The Morgan fingerprint density at radius 2 is 2.29 bits per heavy atom. The number of aliphatic carboxylic acids is 1. The normalized spacial score (nSPS) is 26.6. The second-order valence-corrected chi connectivity index (χ2v) is 4.68. The molecular weight excluding hydrogens is 218 g/mol. The second kappa shape index (κ2) is 4.04. The molecule has 0 aromatic heterocycles. The lowest BCUT2D eigenvalue weighted by atomic mass is 9.88. The molecule has 2 aliphatic rings. The van der Waals surface area contributed by atoms with E-state index < -0.39 is 5.97 Å². The summed E-state index contributed by atoms with van der Waals surface area (Å²) >= 11 is 0. The number of fused-ring (bicyclic) bond motifs is 1. The van der Waals surface area contributed by atoms with Crippen molar-refractivity contribution in [2.24, 2.45) is 5.92 Å². The molecule has 0 bridgehead atoms. The molecule has 2 atom stereocenters. The van der Waals surface area contributed by atoms with Crippen LogP contribution in [0, 0.1) is 5.92 Å². The topological polar surface area (TPSA) is 58.6 Å². The Labute approximate surface area is 99.6 Å². The minimum Gasteiger partial charge on any atom is -0.493 e. The summed E-state index contributed by atoms with van der Waals surface area (Å²) < 4.78 is 5.46. The first-order valence-electron chi connectivity index (χ1n) is 5.95. The van der Waals surface area contributed by atoms with Crippen LogP contribution in [-0.2, 0) is 11.2 Å². The molecule has 17 heavy (non-hydrogen) atoms. The largest absolute Gasteiger partial charge is 0.493 e. The molecule has 3 rings (SSSR count). The highest BCUT2D eigenvalue weighted by molar-refractivity contribution is 5.72. The first-order valence-corrected chi connectivity index (χ1v) is 5.95. The number of nitrogens with one attached hydrogen (secondary N) is 1. The number of rotatable bonds is 2. The molecule has 1 aromatic carbocycles. The first-order chi connectivity index (χ1) is 8.25. The first kappa shape index (κ1) is 10.6. The summed E-state index contributed by atoms with van der Waals surface area (Å²) in [5.74, 6) is 0.0112. The smallest absolute Gasteiger partial charge is 0.308 e. The molecule has 2 N–H and O–H groups in total. The highest BCUT2D eigenvalue weighted by Gasteiger charge is 2.34. The molecule has 90 valence electrons. The van der Waals surface area contributed by atoms with E-state index in [-0.39, 0.29) is 11.8 Å². The molecule has 0 saturated carbocycles. The van der Waals surface area contributed by atoms with Crippen molar-refractivity contribution in [2.75, 3.05) is 19.7 Å². The van der Waals surface area contributed by atoms with Gasteiger partial charge in [0, 0.05) is 25.4 Å². The summed E-state index contributed by atoms with van der Waals surface area (Å²) in [5, 5.41) is 12.3. The molecule has 4 heteroatoms. The molecule has 2 unspecified atom stereocenters. The standard InChI is InChI=1S/C13H15NO3/c15-13(16)11-7-14-6-10(11)8-1-2-12-9(5-8)3-4-17-12/h1-2,5,10-11,14H,3-4,6-7H2,(H,15,16). The van der Waals surface area contributed by atoms with E-state index in [1.165, 1.54) is 5.56 Å². The fourth-order valence-corrected chi connectivity index (χ4v) is 2.73. The van der Waals surface area contributed by atoms with Crippen LogP contribution >= 0.6 is 0 Å². The van der Waals surface area contributed by atoms with Gasteiger partial charge in [-0.05, 0) is 17.2 Å². The second-order valence-electron chi connectivity index (χ2n) is 4.68. The maximum atomic E-state index is 11.2. The molecule has 2 heterocycles. The number of carboxylic acid groups (broad SMARTS) is 1. The van der Waals surface area contributed by atoms with Crippen LogP contribution in [0.3, 0.4) is 0 Å². The molecule has 1 fully saturated rings. The number of carbonyl (C=O) groups is 1. The Kier molecular flexibility index (Phi) is 2.52. The zero-order valence-corrected chi connectivity index (χ0v) is 9.48. The van der Waals surface area contributed by atoms with E-state index in [2.05, 4.69) is 11.4 Å². The quantitative estimate of drug-likeness (QED) is 0.800. The van der Waals surface area contributed by atoms with Gasteiger partial charge in [-0.15, -0.1) is 0 Å². The molecule has 1 aromatic rings. The lowest BCUT2D eigenvalue weighted by Gasteiger charge is -2.15. The van der Waals surface area contributed by atoms with Crippen molar-refractivity contribution in [3.63, 3.8) is 0 Å². The fourth-order valence-electron chi connectivity index (χ4n) is 2.73. The average molecular weight is 233 g/mol. The summed E-state index contributed by atoms with van der Waals surface area (Å²) in [6.45, 7) is 2.05. The minimum absolute atomic E-state index is 0.0819. The Morgan fingerprint density at radius 1 is 1.41 bits per heavy atom. The van der Waals surface area contributed by atoms with Gasteiger partial charge in [-0.3, -0.25) is 4.79 Å². The molecule has 0 aliphatic carbocycles. The van der Waals surface area contributed by atoms with Crippen molar-refractivity contribution < 1.29 is 14.6 Å². The van der Waals surface area contributed by atoms with Gasteiger partial charge >= 0.3 is 5.97 Å². The Morgan fingerprint density at radius 3 is 3.12 bits per heavy atom. The van der Waals surface area contributed by atoms with E-state index in [0.29, 0.717) is 6.54 Å². The molecule has 0 spiro atoms. The fraction of sp³-hybridized carbons (Fsp3) is 0.462. The van der Waals surface area contributed by atoms with E-state index in [9.17, 15) is 9.90 Å². The lowest BCUT2D eigenvalue weighted by Crippen LogP contribution is -2.21. The van der Waals surface area contributed by atoms with Gasteiger partial charge in [0.15, 0.2) is 0 Å². The van der Waals surface area contributed by atoms with E-state index in [4.69, 9.17) is 4.74 Å². The Hall–Kier alpha value is -1.55. The third-order valence-electron chi connectivity index (χ3n) is 3.67. The van der Waals surface area contributed by atoms with E-state index in [1.807, 2.05) is 12.1 Å². The number of benzene rings is 1. The summed E-state index contributed by atoms with van der Waals surface area (Å²) in [6.07, 6.45) is 0.932. The maximum Gasteiger partial charge on any atom is 0.308 e. The van der Waals surface area contributed by atoms with Crippen molar-refractivity contribution in [1.29, 1.82) is 0 Å². The highest BCUT2D eigenvalue weighted by Crippen LogP contribution is 2.33. The van der Waals surface area contributed by atoms with E-state index in [0.717, 1.165) is 30.9 Å². The molecule has 0 amide bonds. The lowest BCUT2D eigenvalue weighted by molar-refractivity contribution is -0.141. The number of hydrogen-bond acceptors (Lipinski definition) is 3. The van der Waals surface area contributed by atoms with Gasteiger partial charge in [0.05, 0.1) is 12.5 Å². The van der Waals surface area contributed by atoms with E-state index in [1.54, 1.807) is 0 Å². The van der Waals surface area contributed by atoms with Gasteiger partial charge in [-0.1, -0.05) is 12.1 Å². The maximum absolute atomic E-state index is 11.2. The van der Waals surface area contributed by atoms with Gasteiger partial charge in [0.25, 0.3) is 0 Å². The van der Waals surface area contributed by atoms with Crippen LogP contribution in [0.1, 0.15) is 17.0 Å². The Bertz CT molecular complexity index is 458. The third kappa shape index (κ3) is 1.78. The summed E-state index contributed by atoms with van der Waals surface area (Å²) in [4.78, 5) is 11.2. The summed E-state index contributed by atoms with van der Waals surface area (Å²) in [5.41, 5.74) is 2.32. The molecule has 2 aliphatic heterocycles. The predicted molar refractivity (Wildman–Crippen MR) is 62.4 cm³/mol. The highest BCUT2D eigenvalue weighted by atomic mass is 16.5. The molecular formula is C13H15NO3. The molecule has 1 saturated heterocycles. The van der Waals surface area contributed by atoms with Crippen LogP contribution in [0.25, 0.3) is 0 Å². The van der Waals surface area contributed by atoms with Crippen molar-refractivity contribution in [1.82, 2.24) is 5.32 Å². The third-order valence-corrected chi connectivity index (χ3v) is 3.67. The predicted octanol–water partition coefficient (Wildman–Crippen LogP) is 1.01. The van der Waals surface area contributed by atoms with Crippen LogP contribution in [0.15, 0.2) is 18.2 Å². The zero-order valence-electron chi connectivity index (χ0n) is 9.48. The van der Waals surface area contributed by atoms with Gasteiger partial charge in [0.1, 0.15) is 5.75 Å². The summed E-state index contributed by atoms with van der Waals surface area (Å²) in [6, 6.07) is 6.07. The van der Waals surface area contributed by atoms with Gasteiger partial charge in [-0.2, -0.15) is 0 Å². The monoisotopic (exact) mass is 233 g/mol. The number of carboxylic acids is 1. The van der Waals surface area contributed by atoms with Crippen LogP contribution in [0.2, 0.25) is 0 Å². The van der Waals surface area contributed by atoms with Crippen molar-refractivity contribution in [3.05, 3.63) is 29.3 Å². The summed E-state index contributed by atoms with van der Waals surface area (Å²) in [7, 11) is 0. The van der Waals surface area contributed by atoms with Crippen molar-refractivity contribution in [2.45, 2.75) is 12.3 Å². The van der Waals surface area contributed by atoms with Crippen LogP contribution in [-0.4, -0.2) is 30.8 Å². The number of ether oxygens (including phenoxy) is 1. The van der Waals surface area contributed by atoms with Crippen LogP contribution in [0.5, 0.6) is 5.75 Å². The molecule has 4 nitrogen and oxygen atoms in total. The van der Waals surface area contributed by atoms with Gasteiger partial charge < -0.3 is 15.2 Å².